The second-order valence-electron chi connectivity index (χ2n) is 8.13. The maximum absolute atomic E-state index is 15.0. The lowest BCUT2D eigenvalue weighted by Gasteiger charge is -2.36. The number of sulfonamides is 1. The molecule has 0 saturated carbocycles. The summed E-state index contributed by atoms with van der Waals surface area (Å²) >= 11 is 0. The predicted octanol–water partition coefficient (Wildman–Crippen LogP) is 2.72. The predicted molar refractivity (Wildman–Crippen MR) is 124 cm³/mol. The van der Waals surface area contributed by atoms with Gasteiger partial charge in [-0.2, -0.15) is 30.2 Å². The van der Waals surface area contributed by atoms with Crippen LogP contribution in [0.5, 0.6) is 0 Å². The smallest absolute Gasteiger partial charge is 0.413 e. The molecule has 0 atom stereocenters. The first-order valence-corrected chi connectivity index (χ1v) is 14.0. The zero-order valence-electron chi connectivity index (χ0n) is 19.3. The van der Waals surface area contributed by atoms with Crippen LogP contribution in [0.25, 0.3) is 11.5 Å². The van der Waals surface area contributed by atoms with Gasteiger partial charge in [0.25, 0.3) is 0 Å². The maximum atomic E-state index is 15.0. The van der Waals surface area contributed by atoms with Gasteiger partial charge in [0.05, 0.1) is 18.5 Å². The van der Waals surface area contributed by atoms with Crippen molar-refractivity contribution in [1.82, 2.24) is 18.8 Å². The van der Waals surface area contributed by atoms with Crippen molar-refractivity contribution in [3.05, 3.63) is 65.8 Å². The van der Waals surface area contributed by atoms with Gasteiger partial charge in [-0.05, 0) is 24.3 Å². The van der Waals surface area contributed by atoms with Crippen molar-refractivity contribution in [3.63, 3.8) is 0 Å². The highest BCUT2D eigenvalue weighted by molar-refractivity contribution is 7.90. The van der Waals surface area contributed by atoms with E-state index in [4.69, 9.17) is 0 Å². The van der Waals surface area contributed by atoms with Gasteiger partial charge in [-0.3, -0.25) is 4.31 Å². The quantitative estimate of drug-likeness (QED) is 0.406. The summed E-state index contributed by atoms with van der Waals surface area (Å²) in [5, 5.41) is 6.20. The van der Waals surface area contributed by atoms with E-state index in [-0.39, 0.29) is 43.0 Å². The highest BCUT2D eigenvalue weighted by Crippen LogP contribution is 2.31. The molecule has 0 unspecified atom stereocenters. The van der Waals surface area contributed by atoms with Crippen LogP contribution in [0.4, 0.5) is 23.2 Å². The monoisotopic (exact) mass is 563 g/mol. The molecule has 3 aromatic rings. The Balaban J connectivity index is 1.62. The minimum absolute atomic E-state index is 0.0339. The average molecular weight is 564 g/mol. The molecule has 10 nitrogen and oxygen atoms in total. The van der Waals surface area contributed by atoms with Crippen LogP contribution in [0.1, 0.15) is 11.5 Å². The summed E-state index contributed by atoms with van der Waals surface area (Å²) in [6, 6.07) is 11.3. The Morgan fingerprint density at radius 1 is 0.946 bits per heavy atom. The maximum Gasteiger partial charge on any atom is 0.470 e. The third-order valence-electron chi connectivity index (χ3n) is 5.60. The highest BCUT2D eigenvalue weighted by atomic mass is 32.2. The number of alkyl halides is 3. The van der Waals surface area contributed by atoms with Gasteiger partial charge in [0.1, 0.15) is 5.82 Å². The average Bonchev–Trinajstić information content (AvgIpc) is 3.34. The lowest BCUT2D eigenvalue weighted by atomic mass is 10.1. The van der Waals surface area contributed by atoms with E-state index in [0.717, 1.165) is 20.9 Å². The molecule has 37 heavy (non-hydrogen) atoms. The largest absolute Gasteiger partial charge is 0.470 e. The minimum atomic E-state index is -4.86. The van der Waals surface area contributed by atoms with Crippen LogP contribution < -0.4 is 4.31 Å². The van der Waals surface area contributed by atoms with Crippen LogP contribution in [0.2, 0.25) is 0 Å². The molecule has 0 spiro atoms. The molecular formula is C21H21F4N5O5S2. The van der Waals surface area contributed by atoms with E-state index >= 15 is 4.39 Å². The molecule has 0 bridgehead atoms. The fourth-order valence-electron chi connectivity index (χ4n) is 3.69. The number of hydrogen-bond acceptors (Lipinski definition) is 7. The van der Waals surface area contributed by atoms with E-state index in [1.807, 2.05) is 0 Å². The first-order chi connectivity index (χ1) is 17.3. The second-order valence-corrected chi connectivity index (χ2v) is 12.0. The van der Waals surface area contributed by atoms with Gasteiger partial charge in [-0.15, -0.1) is 10.2 Å². The molecule has 1 fully saturated rings. The number of halogens is 4. The molecule has 2 aromatic carbocycles. The van der Waals surface area contributed by atoms with Gasteiger partial charge in [-0.1, -0.05) is 24.3 Å². The lowest BCUT2D eigenvalue weighted by Crippen LogP contribution is -2.54. The topological polar surface area (TPSA) is 117 Å². The molecular weight excluding hydrogens is 542 g/mol. The molecule has 0 aliphatic carbocycles. The number of rotatable bonds is 7. The fraction of sp³-hybridized carbons (Fsp3) is 0.333. The molecule has 2 heterocycles. The molecule has 1 aromatic heterocycles. The van der Waals surface area contributed by atoms with Crippen LogP contribution in [-0.4, -0.2) is 68.1 Å². The molecule has 200 valence electrons. The molecule has 16 heteroatoms. The summed E-state index contributed by atoms with van der Waals surface area (Å²) in [4.78, 5) is 0. The molecule has 0 amide bonds. The van der Waals surface area contributed by atoms with Crippen molar-refractivity contribution in [1.29, 1.82) is 0 Å². The van der Waals surface area contributed by atoms with E-state index in [2.05, 4.69) is 14.6 Å². The molecule has 1 aliphatic rings. The van der Waals surface area contributed by atoms with Crippen molar-refractivity contribution in [2.75, 3.05) is 36.7 Å². The number of hydrogen-bond donors (Lipinski definition) is 0. The Labute approximate surface area is 210 Å². The van der Waals surface area contributed by atoms with Gasteiger partial charge in [0, 0.05) is 37.3 Å². The number of aromatic nitrogens is 2. The first kappa shape index (κ1) is 27.0. The van der Waals surface area contributed by atoms with E-state index < -0.39 is 50.6 Å². The number of anilines is 1. The van der Waals surface area contributed by atoms with Crippen LogP contribution in [0.3, 0.4) is 0 Å². The van der Waals surface area contributed by atoms with Crippen molar-refractivity contribution < 1.29 is 38.8 Å². The summed E-state index contributed by atoms with van der Waals surface area (Å²) in [7, 11) is -7.71. The van der Waals surface area contributed by atoms with E-state index in [0.29, 0.717) is 0 Å². The first-order valence-electron chi connectivity index (χ1n) is 10.7. The van der Waals surface area contributed by atoms with Crippen molar-refractivity contribution in [2.45, 2.75) is 12.7 Å². The Kier molecular flexibility index (Phi) is 7.29. The minimum Gasteiger partial charge on any atom is -0.413 e. The Hall–Kier alpha value is -3.08. The number of piperazine rings is 1. The van der Waals surface area contributed by atoms with Crippen molar-refractivity contribution >= 4 is 25.9 Å². The number of benzene rings is 2. The normalized spacial score (nSPS) is 16.1. The van der Waals surface area contributed by atoms with Crippen molar-refractivity contribution in [3.8, 4) is 11.5 Å². The van der Waals surface area contributed by atoms with Crippen LogP contribution >= 0.6 is 0 Å². The standard InChI is InChI=1S/C21H21F4N5O5S2/c1-36(31,32)28-9-11-29(12-10-28)37(33,34)30(17-5-3-2-4-6-17)14-16-8-7-15(13-18(16)22)19-26-27-20(35-19)21(23,24)25/h2-8,13H,9-12,14H2,1H3. The third kappa shape index (κ3) is 5.92. The molecule has 0 radical (unpaired) electrons. The Morgan fingerprint density at radius 3 is 2.11 bits per heavy atom. The van der Waals surface area contributed by atoms with Gasteiger partial charge < -0.3 is 4.42 Å². The lowest BCUT2D eigenvalue weighted by molar-refractivity contribution is -0.156. The molecule has 4 rings (SSSR count). The highest BCUT2D eigenvalue weighted by Gasteiger charge is 2.38. The second kappa shape index (κ2) is 10.00. The van der Waals surface area contributed by atoms with Gasteiger partial charge in [0.15, 0.2) is 0 Å². The molecule has 1 saturated heterocycles. The van der Waals surface area contributed by atoms with Gasteiger partial charge in [-0.25, -0.2) is 12.8 Å². The summed E-state index contributed by atoms with van der Waals surface area (Å²) < 4.78 is 112. The molecule has 1 aliphatic heterocycles. The van der Waals surface area contributed by atoms with Crippen molar-refractivity contribution in [2.24, 2.45) is 0 Å². The molecule has 0 N–H and O–H groups in total. The SMILES string of the molecule is CS(=O)(=O)N1CCN(S(=O)(=O)N(Cc2ccc(-c3nnc(C(F)(F)F)o3)cc2F)c2ccccc2)CC1. The summed E-state index contributed by atoms with van der Waals surface area (Å²) in [6.45, 7) is -0.707. The van der Waals surface area contributed by atoms with Crippen LogP contribution in [0.15, 0.2) is 52.9 Å². The zero-order chi connectivity index (χ0) is 27.0. The van der Waals surface area contributed by atoms with Gasteiger partial charge in [0.2, 0.25) is 15.9 Å². The third-order valence-corrected chi connectivity index (χ3v) is 8.81. The summed E-state index contributed by atoms with van der Waals surface area (Å²) in [5.74, 6) is -3.03. The summed E-state index contributed by atoms with van der Waals surface area (Å²) in [6.07, 6.45) is -3.82. The van der Waals surface area contributed by atoms with Crippen LogP contribution in [0, 0.1) is 5.82 Å². The van der Waals surface area contributed by atoms with E-state index in [1.165, 1.54) is 28.6 Å². The Morgan fingerprint density at radius 2 is 1.57 bits per heavy atom. The van der Waals surface area contributed by atoms with E-state index in [1.54, 1.807) is 18.2 Å². The van der Waals surface area contributed by atoms with Crippen LogP contribution in [-0.2, 0) is 33.0 Å². The number of para-hydroxylation sites is 1. The number of nitrogens with zero attached hydrogens (tertiary/aromatic N) is 5. The van der Waals surface area contributed by atoms with Gasteiger partial charge >= 0.3 is 22.3 Å². The van der Waals surface area contributed by atoms with E-state index in [9.17, 15) is 30.0 Å². The zero-order valence-corrected chi connectivity index (χ0v) is 20.9. The fourth-order valence-corrected chi connectivity index (χ4v) is 6.11. The summed E-state index contributed by atoms with van der Waals surface area (Å²) in [5.41, 5.74) is 0.0556. The Bertz CT molecular complexity index is 1470.